The second-order valence-corrected chi connectivity index (χ2v) is 4.09. The predicted octanol–water partition coefficient (Wildman–Crippen LogP) is 0.284. The SMILES string of the molecule is NC1(C(=O)O)CN(Cc2ccccc2)C1. The molecule has 1 aromatic carbocycles. The molecule has 0 radical (unpaired) electrons. The van der Waals surface area contributed by atoms with Crippen molar-refractivity contribution in [3.63, 3.8) is 0 Å². The minimum atomic E-state index is -1.03. The Morgan fingerprint density at radius 2 is 2.00 bits per heavy atom. The van der Waals surface area contributed by atoms with E-state index in [9.17, 15) is 4.79 Å². The number of likely N-dealkylation sites (tertiary alicyclic amines) is 1. The molecule has 1 fully saturated rings. The molecule has 0 saturated carbocycles. The summed E-state index contributed by atoms with van der Waals surface area (Å²) in [4.78, 5) is 12.8. The lowest BCUT2D eigenvalue weighted by atomic mass is 9.91. The van der Waals surface area contributed by atoms with Crippen LogP contribution in [0.25, 0.3) is 0 Å². The summed E-state index contributed by atoms with van der Waals surface area (Å²) in [5.41, 5.74) is 5.80. The Morgan fingerprint density at radius 3 is 2.53 bits per heavy atom. The molecule has 4 nitrogen and oxygen atoms in total. The van der Waals surface area contributed by atoms with E-state index in [1.54, 1.807) is 0 Å². The number of hydrogen-bond acceptors (Lipinski definition) is 3. The van der Waals surface area contributed by atoms with Crippen molar-refractivity contribution in [2.45, 2.75) is 12.1 Å². The van der Waals surface area contributed by atoms with Gasteiger partial charge in [0.25, 0.3) is 0 Å². The smallest absolute Gasteiger partial charge is 0.326 e. The topological polar surface area (TPSA) is 66.6 Å². The van der Waals surface area contributed by atoms with E-state index in [0.29, 0.717) is 13.1 Å². The van der Waals surface area contributed by atoms with Crippen LogP contribution in [0.5, 0.6) is 0 Å². The zero-order chi connectivity index (χ0) is 10.9. The van der Waals surface area contributed by atoms with Crippen molar-refractivity contribution in [3.8, 4) is 0 Å². The van der Waals surface area contributed by atoms with Crippen LogP contribution in [0.4, 0.5) is 0 Å². The number of nitrogens with two attached hydrogens (primary N) is 1. The minimum absolute atomic E-state index is 0.428. The number of benzene rings is 1. The van der Waals surface area contributed by atoms with Crippen LogP contribution in [0, 0.1) is 0 Å². The van der Waals surface area contributed by atoms with Gasteiger partial charge in [-0.2, -0.15) is 0 Å². The second kappa shape index (κ2) is 3.64. The lowest BCUT2D eigenvalue weighted by molar-refractivity contribution is -0.150. The Kier molecular flexibility index (Phi) is 2.46. The van der Waals surface area contributed by atoms with E-state index in [1.807, 2.05) is 35.2 Å². The molecule has 1 aliphatic rings. The van der Waals surface area contributed by atoms with Gasteiger partial charge in [-0.05, 0) is 5.56 Å². The lowest BCUT2D eigenvalue weighted by Gasteiger charge is -2.44. The highest BCUT2D eigenvalue weighted by Crippen LogP contribution is 2.20. The van der Waals surface area contributed by atoms with E-state index in [2.05, 4.69) is 0 Å². The van der Waals surface area contributed by atoms with E-state index in [-0.39, 0.29) is 0 Å². The van der Waals surface area contributed by atoms with Crippen molar-refractivity contribution >= 4 is 5.97 Å². The summed E-state index contributed by atoms with van der Waals surface area (Å²) in [6.07, 6.45) is 0. The summed E-state index contributed by atoms with van der Waals surface area (Å²) in [7, 11) is 0. The zero-order valence-electron chi connectivity index (χ0n) is 8.39. The van der Waals surface area contributed by atoms with E-state index in [1.165, 1.54) is 5.56 Å². The maximum Gasteiger partial charge on any atom is 0.326 e. The third-order valence-corrected chi connectivity index (χ3v) is 2.69. The number of carboxylic acids is 1. The van der Waals surface area contributed by atoms with E-state index >= 15 is 0 Å². The van der Waals surface area contributed by atoms with E-state index in [4.69, 9.17) is 10.8 Å². The van der Waals surface area contributed by atoms with Crippen LogP contribution >= 0.6 is 0 Å². The van der Waals surface area contributed by atoms with Gasteiger partial charge in [-0.1, -0.05) is 30.3 Å². The quantitative estimate of drug-likeness (QED) is 0.745. The van der Waals surface area contributed by atoms with Crippen molar-refractivity contribution in [2.24, 2.45) is 5.73 Å². The normalized spacial score (nSPS) is 19.5. The molecule has 15 heavy (non-hydrogen) atoms. The molecular weight excluding hydrogens is 192 g/mol. The van der Waals surface area contributed by atoms with Crippen LogP contribution in [0.2, 0.25) is 0 Å². The Bertz CT molecular complexity index is 358. The van der Waals surface area contributed by atoms with Gasteiger partial charge in [-0.3, -0.25) is 9.69 Å². The largest absolute Gasteiger partial charge is 0.480 e. The number of carboxylic acid groups (broad SMARTS) is 1. The Balaban J connectivity index is 1.89. The Labute approximate surface area is 88.3 Å². The highest BCUT2D eigenvalue weighted by Gasteiger charge is 2.45. The van der Waals surface area contributed by atoms with Gasteiger partial charge in [0.2, 0.25) is 0 Å². The standard InChI is InChI=1S/C11H14N2O2/c12-11(10(14)15)7-13(8-11)6-9-4-2-1-3-5-9/h1-5H,6-8,12H2,(H,14,15). The third-order valence-electron chi connectivity index (χ3n) is 2.69. The molecule has 0 aromatic heterocycles. The molecule has 0 atom stereocenters. The molecule has 0 bridgehead atoms. The molecule has 1 saturated heterocycles. The minimum Gasteiger partial charge on any atom is -0.480 e. The van der Waals surface area contributed by atoms with E-state index in [0.717, 1.165) is 6.54 Å². The van der Waals surface area contributed by atoms with Gasteiger partial charge in [0.05, 0.1) is 0 Å². The third kappa shape index (κ3) is 2.00. The van der Waals surface area contributed by atoms with Gasteiger partial charge in [0.1, 0.15) is 5.54 Å². The Morgan fingerprint density at radius 1 is 1.40 bits per heavy atom. The summed E-state index contributed by atoms with van der Waals surface area (Å²) < 4.78 is 0. The summed E-state index contributed by atoms with van der Waals surface area (Å²) in [6, 6.07) is 9.96. The van der Waals surface area contributed by atoms with Crippen molar-refractivity contribution in [2.75, 3.05) is 13.1 Å². The molecule has 1 heterocycles. The second-order valence-electron chi connectivity index (χ2n) is 4.09. The Hall–Kier alpha value is -1.39. The molecular formula is C11H14N2O2. The highest BCUT2D eigenvalue weighted by molar-refractivity contribution is 5.80. The van der Waals surface area contributed by atoms with Crippen LogP contribution < -0.4 is 5.73 Å². The first kappa shape index (κ1) is 10.1. The summed E-state index contributed by atoms with van der Waals surface area (Å²) in [5.74, 6) is -0.910. The van der Waals surface area contributed by atoms with Gasteiger partial charge in [0.15, 0.2) is 0 Å². The van der Waals surface area contributed by atoms with Crippen LogP contribution in [-0.4, -0.2) is 34.6 Å². The number of aliphatic carboxylic acids is 1. The molecule has 0 unspecified atom stereocenters. The fraction of sp³-hybridized carbons (Fsp3) is 0.364. The van der Waals surface area contributed by atoms with Crippen molar-refractivity contribution < 1.29 is 9.90 Å². The van der Waals surface area contributed by atoms with Crippen LogP contribution in [0.15, 0.2) is 30.3 Å². The van der Waals surface area contributed by atoms with Gasteiger partial charge in [-0.25, -0.2) is 0 Å². The number of carbonyl (C=O) groups is 1. The van der Waals surface area contributed by atoms with Crippen LogP contribution in [0.1, 0.15) is 5.56 Å². The fourth-order valence-corrected chi connectivity index (χ4v) is 1.84. The molecule has 0 aliphatic carbocycles. The van der Waals surface area contributed by atoms with Crippen molar-refractivity contribution in [3.05, 3.63) is 35.9 Å². The average Bonchev–Trinajstić information content (AvgIpc) is 2.16. The molecule has 1 aliphatic heterocycles. The fourth-order valence-electron chi connectivity index (χ4n) is 1.84. The first-order chi connectivity index (χ1) is 7.10. The van der Waals surface area contributed by atoms with Crippen molar-refractivity contribution in [1.29, 1.82) is 0 Å². The van der Waals surface area contributed by atoms with Crippen LogP contribution in [0.3, 0.4) is 0 Å². The van der Waals surface area contributed by atoms with Gasteiger partial charge in [0, 0.05) is 19.6 Å². The average molecular weight is 206 g/mol. The summed E-state index contributed by atoms with van der Waals surface area (Å²) in [5, 5.41) is 8.82. The van der Waals surface area contributed by atoms with Gasteiger partial charge < -0.3 is 10.8 Å². The van der Waals surface area contributed by atoms with E-state index < -0.39 is 11.5 Å². The molecule has 3 N–H and O–H groups in total. The number of hydrogen-bond donors (Lipinski definition) is 2. The molecule has 0 amide bonds. The summed E-state index contributed by atoms with van der Waals surface area (Å²) >= 11 is 0. The highest BCUT2D eigenvalue weighted by atomic mass is 16.4. The molecule has 1 aromatic rings. The molecule has 2 rings (SSSR count). The molecule has 4 heteroatoms. The zero-order valence-corrected chi connectivity index (χ0v) is 8.39. The number of rotatable bonds is 3. The van der Waals surface area contributed by atoms with Crippen LogP contribution in [-0.2, 0) is 11.3 Å². The maximum atomic E-state index is 10.7. The predicted molar refractivity (Wildman–Crippen MR) is 56.3 cm³/mol. The first-order valence-corrected chi connectivity index (χ1v) is 4.89. The maximum absolute atomic E-state index is 10.7. The first-order valence-electron chi connectivity index (χ1n) is 4.89. The summed E-state index contributed by atoms with van der Waals surface area (Å²) in [6.45, 7) is 1.63. The van der Waals surface area contributed by atoms with Crippen molar-refractivity contribution in [1.82, 2.24) is 4.90 Å². The lowest BCUT2D eigenvalue weighted by Crippen LogP contribution is -2.71. The number of nitrogens with zero attached hydrogens (tertiary/aromatic N) is 1. The van der Waals surface area contributed by atoms with Gasteiger partial charge >= 0.3 is 5.97 Å². The monoisotopic (exact) mass is 206 g/mol. The molecule has 80 valence electrons. The van der Waals surface area contributed by atoms with Gasteiger partial charge in [-0.15, -0.1) is 0 Å². The molecule has 0 spiro atoms.